The average molecular weight is 250 g/mol. The highest BCUT2D eigenvalue weighted by Crippen LogP contribution is 2.24. The van der Waals surface area contributed by atoms with Crippen LogP contribution in [0.1, 0.15) is 27.0 Å². The van der Waals surface area contributed by atoms with Gasteiger partial charge >= 0.3 is 0 Å². The third kappa shape index (κ3) is 2.66. The molecule has 94 valence electrons. The van der Waals surface area contributed by atoms with Gasteiger partial charge in [-0.3, -0.25) is 4.79 Å². The standard InChI is InChI=1S/C17H14O2/c1-4-19-16-11-12(2)15(10-13(16)3)17(18)14-8-6-5-7-9-14/h1,5-11H,2-3H3. The lowest BCUT2D eigenvalue weighted by Gasteiger charge is -2.09. The second-order valence-electron chi connectivity index (χ2n) is 4.35. The van der Waals surface area contributed by atoms with Gasteiger partial charge in [0.15, 0.2) is 5.78 Å². The number of terminal acetylenes is 1. The molecular weight excluding hydrogens is 236 g/mol. The lowest BCUT2D eigenvalue weighted by Crippen LogP contribution is -2.04. The fourth-order valence-corrected chi connectivity index (χ4v) is 1.95. The number of rotatable bonds is 3. The monoisotopic (exact) mass is 250 g/mol. The van der Waals surface area contributed by atoms with Gasteiger partial charge in [-0.05, 0) is 37.1 Å². The molecule has 0 aromatic heterocycles. The molecule has 0 spiro atoms. The number of carbonyl (C=O) groups excluding carboxylic acids is 1. The maximum absolute atomic E-state index is 12.4. The van der Waals surface area contributed by atoms with Crippen LogP contribution in [0.3, 0.4) is 0 Å². The van der Waals surface area contributed by atoms with Crippen LogP contribution >= 0.6 is 0 Å². The molecule has 0 aliphatic heterocycles. The highest BCUT2D eigenvalue weighted by atomic mass is 16.5. The third-order valence-corrected chi connectivity index (χ3v) is 2.97. The van der Waals surface area contributed by atoms with Gasteiger partial charge in [0.05, 0.1) is 0 Å². The van der Waals surface area contributed by atoms with Crippen LogP contribution in [0.2, 0.25) is 0 Å². The Morgan fingerprint density at radius 3 is 2.42 bits per heavy atom. The average Bonchev–Trinajstić information content (AvgIpc) is 2.43. The summed E-state index contributed by atoms with van der Waals surface area (Å²) >= 11 is 0. The Morgan fingerprint density at radius 1 is 1.11 bits per heavy atom. The molecule has 0 N–H and O–H groups in total. The van der Waals surface area contributed by atoms with Crippen molar-refractivity contribution in [1.82, 2.24) is 0 Å². The SMILES string of the molecule is C#COc1cc(C)c(C(=O)c2ccccc2)cc1C. The molecule has 2 rings (SSSR count). The Labute approximate surface area is 113 Å². The van der Waals surface area contributed by atoms with E-state index in [2.05, 4.69) is 6.11 Å². The fourth-order valence-electron chi connectivity index (χ4n) is 1.95. The molecule has 0 unspecified atom stereocenters. The van der Waals surface area contributed by atoms with Gasteiger partial charge in [-0.15, -0.1) is 0 Å². The van der Waals surface area contributed by atoms with Crippen LogP contribution in [0.15, 0.2) is 42.5 Å². The molecule has 0 heterocycles. The van der Waals surface area contributed by atoms with Crippen molar-refractivity contribution in [2.45, 2.75) is 13.8 Å². The van der Waals surface area contributed by atoms with E-state index in [1.54, 1.807) is 6.07 Å². The van der Waals surface area contributed by atoms with E-state index in [9.17, 15) is 4.79 Å². The molecule has 0 amide bonds. The normalized spacial score (nSPS) is 9.74. The quantitative estimate of drug-likeness (QED) is 0.615. The second-order valence-corrected chi connectivity index (χ2v) is 4.35. The van der Waals surface area contributed by atoms with Gasteiger partial charge in [-0.2, -0.15) is 0 Å². The molecule has 0 radical (unpaired) electrons. The van der Waals surface area contributed by atoms with Crippen LogP contribution in [-0.4, -0.2) is 5.78 Å². The lowest BCUT2D eigenvalue weighted by atomic mass is 9.97. The molecule has 2 aromatic carbocycles. The van der Waals surface area contributed by atoms with E-state index in [4.69, 9.17) is 11.2 Å². The molecule has 19 heavy (non-hydrogen) atoms. The van der Waals surface area contributed by atoms with E-state index in [1.165, 1.54) is 0 Å². The fraction of sp³-hybridized carbons (Fsp3) is 0.118. The predicted octanol–water partition coefficient (Wildman–Crippen LogP) is 3.50. The van der Waals surface area contributed by atoms with Crippen molar-refractivity contribution in [3.05, 3.63) is 64.7 Å². The van der Waals surface area contributed by atoms with Gasteiger partial charge in [0.2, 0.25) is 0 Å². The molecule has 2 aromatic rings. The van der Waals surface area contributed by atoms with Crippen molar-refractivity contribution in [2.75, 3.05) is 0 Å². The third-order valence-electron chi connectivity index (χ3n) is 2.97. The Morgan fingerprint density at radius 2 is 1.79 bits per heavy atom. The van der Waals surface area contributed by atoms with Gasteiger partial charge in [-0.1, -0.05) is 36.8 Å². The molecule has 0 bridgehead atoms. The van der Waals surface area contributed by atoms with E-state index in [0.717, 1.165) is 11.1 Å². The van der Waals surface area contributed by atoms with Crippen molar-refractivity contribution in [3.63, 3.8) is 0 Å². The first-order valence-corrected chi connectivity index (χ1v) is 5.97. The summed E-state index contributed by atoms with van der Waals surface area (Å²) in [5, 5.41) is 0. The van der Waals surface area contributed by atoms with E-state index in [0.29, 0.717) is 16.9 Å². The predicted molar refractivity (Wildman–Crippen MR) is 75.3 cm³/mol. The Kier molecular flexibility index (Phi) is 3.68. The largest absolute Gasteiger partial charge is 0.408 e. The maximum Gasteiger partial charge on any atom is 0.193 e. The minimum atomic E-state index is 0.00783. The maximum atomic E-state index is 12.4. The first-order chi connectivity index (χ1) is 9.13. The van der Waals surface area contributed by atoms with Crippen molar-refractivity contribution in [2.24, 2.45) is 0 Å². The smallest absolute Gasteiger partial charge is 0.193 e. The van der Waals surface area contributed by atoms with Crippen LogP contribution < -0.4 is 4.74 Å². The Hall–Kier alpha value is -2.53. The molecular formula is C17H14O2. The summed E-state index contributed by atoms with van der Waals surface area (Å²) in [6, 6.07) is 12.8. The zero-order chi connectivity index (χ0) is 13.8. The van der Waals surface area contributed by atoms with E-state index in [-0.39, 0.29) is 5.78 Å². The molecule has 0 aliphatic rings. The number of aryl methyl sites for hydroxylation is 2. The zero-order valence-electron chi connectivity index (χ0n) is 10.9. The highest BCUT2D eigenvalue weighted by Gasteiger charge is 2.14. The topological polar surface area (TPSA) is 26.3 Å². The van der Waals surface area contributed by atoms with Gasteiger partial charge in [0.1, 0.15) is 11.9 Å². The molecule has 2 heteroatoms. The summed E-state index contributed by atoms with van der Waals surface area (Å²) in [6.45, 7) is 3.74. The molecule has 2 nitrogen and oxygen atoms in total. The van der Waals surface area contributed by atoms with Crippen LogP contribution in [0.4, 0.5) is 0 Å². The van der Waals surface area contributed by atoms with E-state index < -0.39 is 0 Å². The van der Waals surface area contributed by atoms with Crippen LogP contribution in [-0.2, 0) is 0 Å². The molecule has 0 saturated heterocycles. The van der Waals surface area contributed by atoms with Crippen molar-refractivity contribution in [3.8, 4) is 18.3 Å². The number of ether oxygens (including phenoxy) is 1. The van der Waals surface area contributed by atoms with Gasteiger partial charge in [0.25, 0.3) is 0 Å². The number of benzene rings is 2. The lowest BCUT2D eigenvalue weighted by molar-refractivity contribution is 0.103. The summed E-state index contributed by atoms with van der Waals surface area (Å²) in [5.41, 5.74) is 3.05. The number of hydrogen-bond donors (Lipinski definition) is 0. The number of ketones is 1. The van der Waals surface area contributed by atoms with Gasteiger partial charge in [-0.25, -0.2) is 0 Å². The van der Waals surface area contributed by atoms with Gasteiger partial charge < -0.3 is 4.74 Å². The first kappa shape index (κ1) is 12.9. The van der Waals surface area contributed by atoms with Crippen LogP contribution in [0.25, 0.3) is 0 Å². The minimum absolute atomic E-state index is 0.00783. The molecule has 0 atom stereocenters. The molecule has 0 fully saturated rings. The summed E-state index contributed by atoms with van der Waals surface area (Å²) in [5.74, 6) is 0.623. The Balaban J connectivity index is 2.44. The van der Waals surface area contributed by atoms with E-state index >= 15 is 0 Å². The van der Waals surface area contributed by atoms with E-state index in [1.807, 2.05) is 50.2 Å². The summed E-state index contributed by atoms with van der Waals surface area (Å²) in [4.78, 5) is 12.4. The molecule has 0 aliphatic carbocycles. The minimum Gasteiger partial charge on any atom is -0.408 e. The zero-order valence-corrected chi connectivity index (χ0v) is 10.9. The van der Waals surface area contributed by atoms with Crippen LogP contribution in [0.5, 0.6) is 5.75 Å². The van der Waals surface area contributed by atoms with Crippen molar-refractivity contribution >= 4 is 5.78 Å². The van der Waals surface area contributed by atoms with Crippen LogP contribution in [0, 0.1) is 26.4 Å². The number of carbonyl (C=O) groups is 1. The molecule has 0 saturated carbocycles. The van der Waals surface area contributed by atoms with Crippen molar-refractivity contribution < 1.29 is 9.53 Å². The highest BCUT2D eigenvalue weighted by molar-refractivity contribution is 6.10. The summed E-state index contributed by atoms with van der Waals surface area (Å²) in [6.07, 6.45) is 7.28. The summed E-state index contributed by atoms with van der Waals surface area (Å²) < 4.78 is 5.07. The Bertz CT molecular complexity index is 649. The second kappa shape index (κ2) is 5.41. The van der Waals surface area contributed by atoms with Crippen molar-refractivity contribution in [1.29, 1.82) is 0 Å². The number of hydrogen-bond acceptors (Lipinski definition) is 2. The van der Waals surface area contributed by atoms with Gasteiger partial charge in [0, 0.05) is 11.1 Å². The summed E-state index contributed by atoms with van der Waals surface area (Å²) in [7, 11) is 0. The first-order valence-electron chi connectivity index (χ1n) is 5.97.